The van der Waals surface area contributed by atoms with Gasteiger partial charge in [0.1, 0.15) is 6.61 Å². The molecule has 15 nitrogen and oxygen atoms in total. The van der Waals surface area contributed by atoms with E-state index in [9.17, 15) is 40.8 Å². The Morgan fingerprint density at radius 3 is 2.38 bits per heavy atom. The summed E-state index contributed by atoms with van der Waals surface area (Å²) in [6, 6.07) is 4.54. The molecule has 2 aromatic heterocycles. The van der Waals surface area contributed by atoms with Crippen molar-refractivity contribution in [2.45, 2.75) is 50.5 Å². The lowest BCUT2D eigenvalue weighted by Gasteiger charge is -2.28. The molecule has 1 unspecified atom stereocenters. The number of nitrogens with zero attached hydrogens (tertiary/aromatic N) is 2. The Labute approximate surface area is 264 Å². The number of aryl methyl sites for hydroxylation is 3. The fraction of sp³-hybridized carbons (Fsp3) is 0.286. The number of imidazole rings is 1. The maximum atomic E-state index is 13.6. The molecular formula is C28H28F3N7O8S. The van der Waals surface area contributed by atoms with E-state index in [-0.39, 0.29) is 27.5 Å². The van der Waals surface area contributed by atoms with Crippen molar-refractivity contribution >= 4 is 50.6 Å². The van der Waals surface area contributed by atoms with Crippen molar-refractivity contribution in [1.29, 1.82) is 0 Å². The number of carbonyl (C=O) groups is 4. The van der Waals surface area contributed by atoms with Crippen molar-refractivity contribution in [2.75, 3.05) is 11.9 Å². The first-order valence-corrected chi connectivity index (χ1v) is 15.1. The van der Waals surface area contributed by atoms with Crippen LogP contribution in [0.15, 0.2) is 53.8 Å². The molecule has 47 heavy (non-hydrogen) atoms. The van der Waals surface area contributed by atoms with Gasteiger partial charge in [0.25, 0.3) is 5.91 Å². The molecule has 5 N–H and O–H groups in total. The number of carbonyl (C=O) groups excluding carboxylic acids is 4. The minimum atomic E-state index is -5.61. The van der Waals surface area contributed by atoms with Crippen molar-refractivity contribution in [1.82, 2.24) is 30.2 Å². The predicted molar refractivity (Wildman–Crippen MR) is 157 cm³/mol. The van der Waals surface area contributed by atoms with E-state index >= 15 is 0 Å². The molecule has 2 aromatic carbocycles. The van der Waals surface area contributed by atoms with Crippen molar-refractivity contribution in [2.24, 2.45) is 0 Å². The number of hydrogen-bond donors (Lipinski definition) is 5. The Balaban J connectivity index is 1.67. The molecule has 0 radical (unpaired) electrons. The van der Waals surface area contributed by atoms with Gasteiger partial charge in [0.05, 0.1) is 23.0 Å². The number of ether oxygens (including phenoxy) is 2. The number of alkyl halides is 3. The van der Waals surface area contributed by atoms with Gasteiger partial charge >= 0.3 is 18.1 Å². The maximum absolute atomic E-state index is 13.6. The summed E-state index contributed by atoms with van der Waals surface area (Å²) >= 11 is 0. The summed E-state index contributed by atoms with van der Waals surface area (Å²) in [4.78, 5) is 56.9. The average molecular weight is 680 g/mol. The molecule has 0 aliphatic carbocycles. The predicted octanol–water partition coefficient (Wildman–Crippen LogP) is 2.29. The van der Waals surface area contributed by atoms with E-state index in [4.69, 9.17) is 4.74 Å². The standard InChI is InChI=1S/C28H28F3N7O8S/c1-14-10-15(2)22(16(3)11-14)47(43,44)38-21(25(41)45-9-6-20(39)35-27-32-7-8-33-27)24(46-26(42)28(29,30)31)36-23(40)17-4-5-19-18(12-17)13-34-37-19/h4-5,7-8,10-13,21,24,38H,6,9H2,1-3H3,(H,34,37)(H,36,40)(H2,32,33,35,39)/t21-,24?/m0/s1. The minimum absolute atomic E-state index is 0.0752. The summed E-state index contributed by atoms with van der Waals surface area (Å²) in [5.41, 5.74) is 1.48. The van der Waals surface area contributed by atoms with E-state index in [0.29, 0.717) is 16.5 Å². The van der Waals surface area contributed by atoms with Crippen LogP contribution in [0.25, 0.3) is 10.9 Å². The Morgan fingerprint density at radius 1 is 1.04 bits per heavy atom. The summed E-state index contributed by atoms with van der Waals surface area (Å²) < 4.78 is 78.8. The number of amides is 2. The first-order chi connectivity index (χ1) is 22.0. The molecule has 0 fully saturated rings. The molecule has 0 spiro atoms. The zero-order valence-corrected chi connectivity index (χ0v) is 25.7. The Bertz CT molecular complexity index is 1890. The maximum Gasteiger partial charge on any atom is 0.491 e. The van der Waals surface area contributed by atoms with Crippen LogP contribution in [0, 0.1) is 20.8 Å². The van der Waals surface area contributed by atoms with Crippen LogP contribution in [0.1, 0.15) is 33.5 Å². The van der Waals surface area contributed by atoms with Gasteiger partial charge in [0.2, 0.25) is 28.1 Å². The molecule has 0 aliphatic rings. The van der Waals surface area contributed by atoms with Crippen LogP contribution in [-0.2, 0) is 33.9 Å². The van der Waals surface area contributed by atoms with Crippen LogP contribution in [-0.4, -0.2) is 77.4 Å². The first-order valence-electron chi connectivity index (χ1n) is 13.6. The van der Waals surface area contributed by atoms with Crippen LogP contribution >= 0.6 is 0 Å². The lowest BCUT2D eigenvalue weighted by molar-refractivity contribution is -0.207. The number of rotatable bonds is 12. The molecule has 2 atom stereocenters. The number of H-pyrrole nitrogens is 2. The van der Waals surface area contributed by atoms with Crippen molar-refractivity contribution in [3.05, 3.63) is 71.2 Å². The van der Waals surface area contributed by atoms with E-state index in [1.54, 1.807) is 6.92 Å². The third-order valence-electron chi connectivity index (χ3n) is 6.48. The van der Waals surface area contributed by atoms with Gasteiger partial charge in [-0.15, -0.1) is 0 Å². The highest BCUT2D eigenvalue weighted by Crippen LogP contribution is 2.24. The lowest BCUT2D eigenvalue weighted by Crippen LogP contribution is -2.58. The quantitative estimate of drug-likeness (QED) is 0.109. The number of benzene rings is 2. The summed E-state index contributed by atoms with van der Waals surface area (Å²) in [6.45, 7) is 3.91. The number of anilines is 1. The zero-order valence-electron chi connectivity index (χ0n) is 24.9. The SMILES string of the molecule is Cc1cc(C)c(S(=O)(=O)N[C@H](C(=O)OCCC(=O)Nc2ncc[nH]2)C(NC(=O)c2ccc3[nH]ncc3c2)OC(=O)C(F)(F)F)c(C)c1. The van der Waals surface area contributed by atoms with Gasteiger partial charge in [0, 0.05) is 23.3 Å². The molecule has 0 aliphatic heterocycles. The Hall–Kier alpha value is -5.30. The smallest absolute Gasteiger partial charge is 0.464 e. The van der Waals surface area contributed by atoms with Crippen LogP contribution < -0.4 is 15.4 Å². The van der Waals surface area contributed by atoms with E-state index < -0.39 is 65.3 Å². The van der Waals surface area contributed by atoms with Gasteiger partial charge in [-0.3, -0.25) is 24.8 Å². The summed E-state index contributed by atoms with van der Waals surface area (Å²) in [5, 5.41) is 11.2. The average Bonchev–Trinajstić information content (AvgIpc) is 3.66. The largest absolute Gasteiger partial charge is 0.491 e. The molecular weight excluding hydrogens is 651 g/mol. The van der Waals surface area contributed by atoms with Crippen molar-refractivity contribution < 1.29 is 50.2 Å². The number of fused-ring (bicyclic) bond motifs is 1. The molecule has 2 heterocycles. The van der Waals surface area contributed by atoms with Gasteiger partial charge in [-0.05, 0) is 50.1 Å². The number of aromatic nitrogens is 4. The molecule has 0 saturated heterocycles. The minimum Gasteiger partial charge on any atom is -0.464 e. The van der Waals surface area contributed by atoms with Crippen LogP contribution in [0.3, 0.4) is 0 Å². The molecule has 0 bridgehead atoms. The fourth-order valence-electron chi connectivity index (χ4n) is 4.57. The third-order valence-corrected chi connectivity index (χ3v) is 8.23. The van der Waals surface area contributed by atoms with Gasteiger partial charge < -0.3 is 19.8 Å². The summed E-state index contributed by atoms with van der Waals surface area (Å²) in [7, 11) is -4.78. The van der Waals surface area contributed by atoms with Gasteiger partial charge in [-0.1, -0.05) is 17.7 Å². The lowest BCUT2D eigenvalue weighted by atomic mass is 10.1. The fourth-order valence-corrected chi connectivity index (χ4v) is 6.21. The summed E-state index contributed by atoms with van der Waals surface area (Å²) in [5.74, 6) is -6.19. The Morgan fingerprint density at radius 2 is 1.74 bits per heavy atom. The van der Waals surface area contributed by atoms with Gasteiger partial charge in [0.15, 0.2) is 6.04 Å². The molecule has 0 saturated carbocycles. The number of hydrogen-bond acceptors (Lipinski definition) is 10. The van der Waals surface area contributed by atoms with E-state index in [1.807, 2.05) is 10.0 Å². The van der Waals surface area contributed by atoms with Gasteiger partial charge in [-0.25, -0.2) is 18.2 Å². The second-order valence-corrected chi connectivity index (χ2v) is 11.9. The number of aromatic amines is 2. The third kappa shape index (κ3) is 8.70. The number of nitrogens with one attached hydrogen (secondary N) is 5. The highest BCUT2D eigenvalue weighted by molar-refractivity contribution is 7.89. The van der Waals surface area contributed by atoms with E-state index in [1.165, 1.54) is 62.8 Å². The zero-order chi connectivity index (χ0) is 34.5. The molecule has 4 rings (SSSR count). The monoisotopic (exact) mass is 679 g/mol. The van der Waals surface area contributed by atoms with Crippen LogP contribution in [0.2, 0.25) is 0 Å². The molecule has 2 amide bonds. The second kappa shape index (κ2) is 14.0. The van der Waals surface area contributed by atoms with Crippen LogP contribution in [0.5, 0.6) is 0 Å². The highest BCUT2D eigenvalue weighted by atomic mass is 32.2. The number of sulfonamides is 1. The topological polar surface area (TPSA) is 214 Å². The molecule has 19 heteroatoms. The van der Waals surface area contributed by atoms with Crippen molar-refractivity contribution in [3.63, 3.8) is 0 Å². The van der Waals surface area contributed by atoms with Crippen LogP contribution in [0.4, 0.5) is 19.1 Å². The second-order valence-electron chi connectivity index (χ2n) is 10.2. The number of halogens is 3. The number of esters is 2. The van der Waals surface area contributed by atoms with E-state index in [0.717, 1.165) is 0 Å². The molecule has 250 valence electrons. The summed E-state index contributed by atoms with van der Waals surface area (Å²) in [6.07, 6.45) is -4.56. The highest BCUT2D eigenvalue weighted by Gasteiger charge is 2.46. The van der Waals surface area contributed by atoms with Gasteiger partial charge in [-0.2, -0.15) is 23.0 Å². The molecule has 4 aromatic rings. The van der Waals surface area contributed by atoms with Crippen molar-refractivity contribution in [3.8, 4) is 0 Å². The normalized spacial score (nSPS) is 13.1. The first kappa shape index (κ1) is 34.6. The Kier molecular flexibility index (Phi) is 10.3. The van der Waals surface area contributed by atoms with E-state index in [2.05, 4.69) is 30.2 Å².